The van der Waals surface area contributed by atoms with E-state index in [1.165, 1.54) is 19.3 Å². The average Bonchev–Trinajstić information content (AvgIpc) is 3.01. The van der Waals surface area contributed by atoms with Gasteiger partial charge in [-0.05, 0) is 38.3 Å². The van der Waals surface area contributed by atoms with Gasteiger partial charge >= 0.3 is 6.03 Å². The number of urea groups is 1. The molecule has 128 valence electrons. The van der Waals surface area contributed by atoms with Crippen LogP contribution >= 0.6 is 0 Å². The summed E-state index contributed by atoms with van der Waals surface area (Å²) in [5, 5.41) is 6.74. The molecule has 0 spiro atoms. The van der Waals surface area contributed by atoms with E-state index in [1.54, 1.807) is 18.1 Å². The van der Waals surface area contributed by atoms with Crippen LogP contribution in [0.1, 0.15) is 30.7 Å². The van der Waals surface area contributed by atoms with Gasteiger partial charge in [-0.2, -0.15) is 0 Å². The molecule has 0 bridgehead atoms. The lowest BCUT2D eigenvalue weighted by Gasteiger charge is -2.27. The van der Waals surface area contributed by atoms with E-state index >= 15 is 0 Å². The summed E-state index contributed by atoms with van der Waals surface area (Å²) in [5.41, 5.74) is 1.41. The number of amides is 2. The lowest BCUT2D eigenvalue weighted by atomic mass is 10.1. The minimum atomic E-state index is -0.205. The highest BCUT2D eigenvalue weighted by Gasteiger charge is 2.14. The van der Waals surface area contributed by atoms with Crippen molar-refractivity contribution < 1.29 is 9.32 Å². The first-order chi connectivity index (χ1) is 11.6. The van der Waals surface area contributed by atoms with E-state index in [1.807, 2.05) is 25.1 Å². The zero-order valence-corrected chi connectivity index (χ0v) is 14.2. The third-order valence-corrected chi connectivity index (χ3v) is 4.10. The van der Waals surface area contributed by atoms with Crippen LogP contribution in [0.3, 0.4) is 0 Å². The Labute approximate surface area is 141 Å². The van der Waals surface area contributed by atoms with Crippen molar-refractivity contribution >= 4 is 17.5 Å². The predicted molar refractivity (Wildman–Crippen MR) is 92.0 cm³/mol. The molecule has 1 aliphatic rings. The molecule has 7 nitrogen and oxygen atoms in total. The second-order valence-corrected chi connectivity index (χ2v) is 6.17. The molecule has 0 saturated carbocycles. The van der Waals surface area contributed by atoms with E-state index in [2.05, 4.69) is 20.4 Å². The van der Waals surface area contributed by atoms with Gasteiger partial charge in [0.05, 0.1) is 18.4 Å². The van der Waals surface area contributed by atoms with Crippen molar-refractivity contribution in [2.75, 3.05) is 30.4 Å². The lowest BCUT2D eigenvalue weighted by Crippen LogP contribution is -2.31. The van der Waals surface area contributed by atoms with Crippen LogP contribution in [0.15, 0.2) is 28.9 Å². The van der Waals surface area contributed by atoms with Gasteiger partial charge in [-0.1, -0.05) is 5.16 Å². The molecule has 1 fully saturated rings. The molecular weight excluding hydrogens is 306 g/mol. The summed E-state index contributed by atoms with van der Waals surface area (Å²) >= 11 is 0. The van der Waals surface area contributed by atoms with Crippen molar-refractivity contribution in [1.82, 2.24) is 15.0 Å². The Morgan fingerprint density at radius 1 is 1.33 bits per heavy atom. The average molecular weight is 329 g/mol. The number of piperidine rings is 1. The van der Waals surface area contributed by atoms with Crippen LogP contribution in [0.4, 0.5) is 16.3 Å². The Morgan fingerprint density at radius 2 is 2.12 bits per heavy atom. The maximum atomic E-state index is 12.2. The fourth-order valence-corrected chi connectivity index (χ4v) is 2.80. The van der Waals surface area contributed by atoms with Crippen LogP contribution < -0.4 is 10.2 Å². The minimum Gasteiger partial charge on any atom is -0.361 e. The van der Waals surface area contributed by atoms with Gasteiger partial charge in [0.1, 0.15) is 17.3 Å². The number of hydrogen-bond donors (Lipinski definition) is 1. The first-order valence-corrected chi connectivity index (χ1v) is 8.27. The molecule has 1 aliphatic heterocycles. The van der Waals surface area contributed by atoms with E-state index in [-0.39, 0.29) is 6.03 Å². The van der Waals surface area contributed by atoms with Crippen molar-refractivity contribution in [3.05, 3.63) is 35.9 Å². The van der Waals surface area contributed by atoms with Crippen molar-refractivity contribution in [2.45, 2.75) is 32.7 Å². The highest BCUT2D eigenvalue weighted by Crippen LogP contribution is 2.19. The summed E-state index contributed by atoms with van der Waals surface area (Å²) in [6.45, 7) is 4.33. The largest absolute Gasteiger partial charge is 0.361 e. The fraction of sp³-hybridized carbons (Fsp3) is 0.471. The molecule has 0 radical (unpaired) electrons. The Balaban J connectivity index is 1.55. The zero-order valence-electron chi connectivity index (χ0n) is 14.2. The van der Waals surface area contributed by atoms with Gasteiger partial charge in [0, 0.05) is 26.2 Å². The van der Waals surface area contributed by atoms with Gasteiger partial charge < -0.3 is 19.6 Å². The van der Waals surface area contributed by atoms with Crippen LogP contribution in [0.25, 0.3) is 0 Å². The quantitative estimate of drug-likeness (QED) is 0.933. The summed E-state index contributed by atoms with van der Waals surface area (Å²) < 4.78 is 5.01. The molecule has 2 amide bonds. The van der Waals surface area contributed by atoms with Crippen LogP contribution in [0.5, 0.6) is 0 Å². The van der Waals surface area contributed by atoms with Gasteiger partial charge in [0.2, 0.25) is 0 Å². The maximum absolute atomic E-state index is 12.2. The number of rotatable bonds is 4. The van der Waals surface area contributed by atoms with Gasteiger partial charge in [-0.3, -0.25) is 0 Å². The van der Waals surface area contributed by atoms with Crippen molar-refractivity contribution in [3.63, 3.8) is 0 Å². The first kappa shape index (κ1) is 16.3. The summed E-state index contributed by atoms with van der Waals surface area (Å²) in [4.78, 5) is 20.5. The van der Waals surface area contributed by atoms with E-state index in [4.69, 9.17) is 4.52 Å². The zero-order chi connectivity index (χ0) is 16.9. The Hall–Kier alpha value is -2.57. The highest BCUT2D eigenvalue weighted by atomic mass is 16.5. The number of carbonyl (C=O) groups is 1. The van der Waals surface area contributed by atoms with E-state index < -0.39 is 0 Å². The van der Waals surface area contributed by atoms with Gasteiger partial charge in [-0.25, -0.2) is 9.78 Å². The lowest BCUT2D eigenvalue weighted by molar-refractivity contribution is 0.219. The molecule has 1 saturated heterocycles. The monoisotopic (exact) mass is 329 g/mol. The molecule has 7 heteroatoms. The molecule has 3 heterocycles. The Morgan fingerprint density at radius 3 is 2.75 bits per heavy atom. The van der Waals surface area contributed by atoms with Crippen LogP contribution in [0, 0.1) is 6.92 Å². The number of anilines is 2. The molecule has 0 aromatic carbocycles. The third-order valence-electron chi connectivity index (χ3n) is 4.10. The van der Waals surface area contributed by atoms with Crippen LogP contribution in [-0.2, 0) is 6.54 Å². The second kappa shape index (κ2) is 7.33. The van der Waals surface area contributed by atoms with E-state index in [0.29, 0.717) is 12.2 Å². The summed E-state index contributed by atoms with van der Waals surface area (Å²) in [5.74, 6) is 1.70. The number of nitrogens with one attached hydrogen (secondary N) is 1. The summed E-state index contributed by atoms with van der Waals surface area (Å²) in [6.07, 6.45) is 5.43. The number of hydrogen-bond acceptors (Lipinski definition) is 5. The molecule has 0 unspecified atom stereocenters. The van der Waals surface area contributed by atoms with Gasteiger partial charge in [0.15, 0.2) is 0 Å². The van der Waals surface area contributed by atoms with Crippen molar-refractivity contribution in [1.29, 1.82) is 0 Å². The summed E-state index contributed by atoms with van der Waals surface area (Å²) in [6, 6.07) is 5.46. The SMILES string of the molecule is Cc1cc(CN(C)C(=O)Nc2ccc(N3CCCCC3)nc2)no1. The Bertz CT molecular complexity index is 677. The second-order valence-electron chi connectivity index (χ2n) is 6.17. The van der Waals surface area contributed by atoms with Crippen LogP contribution in [0.2, 0.25) is 0 Å². The number of aryl methyl sites for hydroxylation is 1. The standard InChI is InChI=1S/C17H23N5O2/c1-13-10-15(20-24-13)12-21(2)17(23)19-14-6-7-16(18-11-14)22-8-4-3-5-9-22/h6-7,10-11H,3-5,8-9,12H2,1-2H3,(H,19,23). The molecule has 0 atom stereocenters. The summed E-state index contributed by atoms with van der Waals surface area (Å²) in [7, 11) is 1.72. The highest BCUT2D eigenvalue weighted by molar-refractivity contribution is 5.89. The molecular formula is C17H23N5O2. The third kappa shape index (κ3) is 4.04. The number of nitrogens with zero attached hydrogens (tertiary/aromatic N) is 4. The van der Waals surface area contributed by atoms with E-state index in [9.17, 15) is 4.79 Å². The smallest absolute Gasteiger partial charge is 0.321 e. The molecule has 2 aromatic heterocycles. The molecule has 0 aliphatic carbocycles. The van der Waals surface area contributed by atoms with Crippen molar-refractivity contribution in [2.24, 2.45) is 0 Å². The Kier molecular flexibility index (Phi) is 4.98. The number of carbonyl (C=O) groups excluding carboxylic acids is 1. The van der Waals surface area contributed by atoms with Crippen molar-refractivity contribution in [3.8, 4) is 0 Å². The molecule has 1 N–H and O–H groups in total. The normalized spacial score (nSPS) is 14.5. The molecule has 3 rings (SSSR count). The van der Waals surface area contributed by atoms with Crippen LogP contribution in [-0.4, -0.2) is 41.2 Å². The fourth-order valence-electron chi connectivity index (χ4n) is 2.80. The number of aromatic nitrogens is 2. The maximum Gasteiger partial charge on any atom is 0.321 e. The predicted octanol–water partition coefficient (Wildman–Crippen LogP) is 3.03. The number of pyridine rings is 1. The van der Waals surface area contributed by atoms with E-state index in [0.717, 1.165) is 30.4 Å². The molecule has 24 heavy (non-hydrogen) atoms. The van der Waals surface area contributed by atoms with Gasteiger partial charge in [0.25, 0.3) is 0 Å². The molecule has 2 aromatic rings. The first-order valence-electron chi connectivity index (χ1n) is 8.27. The minimum absolute atomic E-state index is 0.205. The van der Waals surface area contributed by atoms with Gasteiger partial charge in [-0.15, -0.1) is 0 Å². The topological polar surface area (TPSA) is 74.5 Å².